The Hall–Kier alpha value is -0.391. The van der Waals surface area contributed by atoms with Gasteiger partial charge < -0.3 is 0 Å². The van der Waals surface area contributed by atoms with Crippen LogP contribution in [0.1, 0.15) is 52.4 Å². The van der Waals surface area contributed by atoms with Crippen molar-refractivity contribution in [2.45, 2.75) is 58.0 Å². The number of halogens is 1. The van der Waals surface area contributed by atoms with Crippen LogP contribution in [0.4, 0.5) is 0 Å². The van der Waals surface area contributed by atoms with Crippen LogP contribution in [-0.4, -0.2) is 31.8 Å². The summed E-state index contributed by atoms with van der Waals surface area (Å²) in [5.74, 6) is -0.415. The second-order valence-electron chi connectivity index (χ2n) is 5.17. The summed E-state index contributed by atoms with van der Waals surface area (Å²) >= 11 is 3.70. The number of quaternary nitrogens is 1. The molecule has 2 aliphatic rings. The van der Waals surface area contributed by atoms with E-state index in [0.717, 1.165) is 34.6 Å². The van der Waals surface area contributed by atoms with Crippen LogP contribution in [0.15, 0.2) is 32.9 Å². The fraction of sp³-hybridized carbons (Fsp3) is 0.562. The van der Waals surface area contributed by atoms with E-state index in [9.17, 15) is 9.90 Å². The van der Waals surface area contributed by atoms with Gasteiger partial charge in [-0.3, -0.25) is 0 Å². The number of rotatable bonds is 2. The first-order chi connectivity index (χ1) is 10.5. The van der Waals surface area contributed by atoms with Gasteiger partial charge in [-0.25, -0.2) is 0 Å². The number of hydrogen-bond donors (Lipinski definition) is 3. The first-order valence-electron chi connectivity index (χ1n) is 7.81. The quantitative estimate of drug-likeness (QED) is 0.577. The van der Waals surface area contributed by atoms with Crippen molar-refractivity contribution in [2.24, 2.45) is 5.73 Å². The van der Waals surface area contributed by atoms with Gasteiger partial charge in [-0.05, 0) is 0 Å². The van der Waals surface area contributed by atoms with Crippen molar-refractivity contribution >= 4 is 37.0 Å². The fourth-order valence-electron chi connectivity index (χ4n) is 2.58. The molecule has 124 valence electrons. The Morgan fingerprint density at radius 1 is 1.36 bits per heavy atom. The van der Waals surface area contributed by atoms with Gasteiger partial charge >= 0.3 is 134 Å². The molecule has 1 saturated carbocycles. The van der Waals surface area contributed by atoms with Gasteiger partial charge in [0.05, 0.1) is 0 Å². The van der Waals surface area contributed by atoms with Gasteiger partial charge in [-0.1, -0.05) is 13.8 Å². The van der Waals surface area contributed by atoms with E-state index < -0.39 is 11.5 Å². The molecule has 1 amide bonds. The monoisotopic (exact) mass is 437 g/mol. The maximum absolute atomic E-state index is 11.3. The molecule has 6 heteroatoms. The Labute approximate surface area is 147 Å². The molecule has 0 aromatic rings. The van der Waals surface area contributed by atoms with Crippen LogP contribution < -0.4 is 10.1 Å². The third-order valence-corrected chi connectivity index (χ3v) is 7.41. The summed E-state index contributed by atoms with van der Waals surface area (Å²) in [5, 5.41) is 10.9. The number of carbonyl (C=O) groups excluding carboxylic acids is 1. The van der Waals surface area contributed by atoms with E-state index >= 15 is 0 Å². The van der Waals surface area contributed by atoms with Crippen LogP contribution in [0.2, 0.25) is 0 Å². The van der Waals surface area contributed by atoms with Gasteiger partial charge in [0.1, 0.15) is 0 Å². The van der Waals surface area contributed by atoms with Crippen LogP contribution >= 0.6 is 15.9 Å². The minimum atomic E-state index is -0.674. The molecule has 4 nitrogen and oxygen atoms in total. The van der Waals surface area contributed by atoms with Gasteiger partial charge in [0.25, 0.3) is 0 Å². The van der Waals surface area contributed by atoms with Crippen LogP contribution in [0.3, 0.4) is 0 Å². The number of nitrogens with two attached hydrogens (primary N) is 2. The zero-order chi connectivity index (χ0) is 16.6. The number of hydrogen-bond acceptors (Lipinski definition) is 2. The minimum absolute atomic E-state index is 0.0857. The molecule has 2 rings (SSSR count). The third-order valence-electron chi connectivity index (χ3n) is 3.68. The zero-order valence-corrected chi connectivity index (χ0v) is 16.6. The molecule has 1 aliphatic carbocycles. The van der Waals surface area contributed by atoms with Crippen molar-refractivity contribution < 1.29 is 14.2 Å². The molecule has 0 unspecified atom stereocenters. The predicted molar refractivity (Wildman–Crippen MR) is 94.0 cm³/mol. The number of carbonyl (C=O) groups is 1. The molecule has 1 fully saturated rings. The summed E-state index contributed by atoms with van der Waals surface area (Å²) in [6.07, 6.45) is 11.1. The topological polar surface area (TPSA) is 79.9 Å². The van der Waals surface area contributed by atoms with E-state index in [1.165, 1.54) is 6.42 Å². The van der Waals surface area contributed by atoms with Gasteiger partial charge in [0.15, 0.2) is 0 Å². The summed E-state index contributed by atoms with van der Waals surface area (Å²) < 4.78 is 4.15. The number of allylic oxidation sites excluding steroid dienone is 2. The SMILES string of the molecule is CC.NC(=O)C1=C/C/C(Br)=C(/C2(O)CCCCC2)[Se][NH2+]/C=C\1. The third kappa shape index (κ3) is 5.36. The van der Waals surface area contributed by atoms with E-state index in [1.54, 1.807) is 6.08 Å². The molecular formula is C16H26BrN2O2Se+. The number of primary amides is 1. The summed E-state index contributed by atoms with van der Waals surface area (Å²) in [4.78, 5) is 11.3. The maximum atomic E-state index is 11.3. The molecule has 0 bridgehead atoms. The second-order valence-corrected chi connectivity index (χ2v) is 8.05. The van der Waals surface area contributed by atoms with Gasteiger partial charge in [0, 0.05) is 0 Å². The Balaban J connectivity index is 0.00000116. The molecule has 0 spiro atoms. The molecule has 5 N–H and O–H groups in total. The summed E-state index contributed by atoms with van der Waals surface area (Å²) in [7, 11) is 0. The first-order valence-corrected chi connectivity index (χ1v) is 10.4. The molecule has 0 aromatic heterocycles. The van der Waals surface area contributed by atoms with E-state index in [1.807, 2.05) is 30.5 Å². The van der Waals surface area contributed by atoms with E-state index in [0.29, 0.717) is 12.0 Å². The molecule has 1 heterocycles. The van der Waals surface area contributed by atoms with E-state index in [4.69, 9.17) is 5.73 Å². The molecule has 0 saturated heterocycles. The van der Waals surface area contributed by atoms with E-state index in [-0.39, 0.29) is 15.2 Å². The first kappa shape index (κ1) is 19.7. The number of amides is 1. The van der Waals surface area contributed by atoms with Crippen LogP contribution in [0.25, 0.3) is 0 Å². The Kier molecular flexibility index (Phi) is 8.65. The van der Waals surface area contributed by atoms with Crippen LogP contribution in [0, 0.1) is 0 Å². The van der Waals surface area contributed by atoms with Gasteiger partial charge in [0.2, 0.25) is 0 Å². The van der Waals surface area contributed by atoms with Crippen molar-refractivity contribution in [2.75, 3.05) is 0 Å². The van der Waals surface area contributed by atoms with Crippen molar-refractivity contribution in [3.8, 4) is 0 Å². The normalized spacial score (nSPS) is 28.8. The van der Waals surface area contributed by atoms with E-state index in [2.05, 4.69) is 15.9 Å². The van der Waals surface area contributed by atoms with Gasteiger partial charge in [-0.2, -0.15) is 0 Å². The molecule has 22 heavy (non-hydrogen) atoms. The zero-order valence-electron chi connectivity index (χ0n) is 13.3. The summed E-state index contributed by atoms with van der Waals surface area (Å²) in [6, 6.07) is 0. The van der Waals surface area contributed by atoms with Gasteiger partial charge in [-0.15, -0.1) is 0 Å². The summed E-state index contributed by atoms with van der Waals surface area (Å²) in [5.41, 5.74) is 5.18. The number of aliphatic hydroxyl groups is 1. The van der Waals surface area contributed by atoms with Crippen LogP contribution in [-0.2, 0) is 4.79 Å². The van der Waals surface area contributed by atoms with Crippen LogP contribution in [0.5, 0.6) is 0 Å². The molecule has 1 aliphatic heterocycles. The standard InChI is InChI=1S/C14H19BrN2O2Se.C2H6/c15-11-5-4-10(13(16)18)6-9-17-20-12(11)14(19)7-2-1-3-8-14;1-2/h4,6,9,17,19H,1-3,5,7-8H2,(H2,16,18);1-2H3/p+1/b9-6-,10-4+,12-11+;. The van der Waals surface area contributed by atoms with Crippen molar-refractivity contribution in [1.29, 1.82) is 0 Å². The molecular weight excluding hydrogens is 411 g/mol. The average molecular weight is 437 g/mol. The second kappa shape index (κ2) is 9.68. The van der Waals surface area contributed by atoms with Crippen molar-refractivity contribution in [3.05, 3.63) is 32.9 Å². The van der Waals surface area contributed by atoms with Crippen molar-refractivity contribution in [1.82, 2.24) is 0 Å². The predicted octanol–water partition coefficient (Wildman–Crippen LogP) is 1.83. The molecule has 0 aromatic carbocycles. The summed E-state index contributed by atoms with van der Waals surface area (Å²) in [6.45, 7) is 4.00. The Bertz CT molecular complexity index is 481. The molecule has 0 atom stereocenters. The Morgan fingerprint density at radius 2 is 2.00 bits per heavy atom. The van der Waals surface area contributed by atoms with Crippen molar-refractivity contribution in [3.63, 3.8) is 0 Å². The Morgan fingerprint density at radius 3 is 2.59 bits per heavy atom. The fourth-order valence-corrected chi connectivity index (χ4v) is 5.55. The average Bonchev–Trinajstić information content (AvgIpc) is 2.61. The molecule has 0 radical (unpaired) electrons.